The van der Waals surface area contributed by atoms with E-state index in [0.29, 0.717) is 18.0 Å². The van der Waals surface area contributed by atoms with Gasteiger partial charge in [-0.15, -0.1) is 0 Å². The number of urea groups is 1. The van der Waals surface area contributed by atoms with Gasteiger partial charge in [-0.2, -0.15) is 0 Å². The highest BCUT2D eigenvalue weighted by atomic mass is 16.5. The Morgan fingerprint density at radius 3 is 2.65 bits per heavy atom. The van der Waals surface area contributed by atoms with Gasteiger partial charge in [-0.1, -0.05) is 13.0 Å². The predicted molar refractivity (Wildman–Crippen MR) is 73.6 cm³/mol. The number of methoxy groups -OCH3 is 1. The van der Waals surface area contributed by atoms with Crippen LogP contribution in [0.5, 0.6) is 11.5 Å². The average molecular weight is 281 g/mol. The van der Waals surface area contributed by atoms with Gasteiger partial charge in [0, 0.05) is 6.54 Å². The van der Waals surface area contributed by atoms with Crippen molar-refractivity contribution in [2.75, 3.05) is 20.3 Å². The molecule has 0 saturated carbocycles. The highest BCUT2D eigenvalue weighted by Crippen LogP contribution is 2.27. The van der Waals surface area contributed by atoms with Crippen molar-refractivity contribution in [3.8, 4) is 11.5 Å². The van der Waals surface area contributed by atoms with Crippen molar-refractivity contribution in [1.82, 2.24) is 10.6 Å². The zero-order valence-corrected chi connectivity index (χ0v) is 11.6. The topological polar surface area (TPSA) is 103 Å². The molecule has 1 rings (SSSR count). The minimum atomic E-state index is -0.911. The number of amides is 3. The molecular formula is C13H19N3O4. The summed E-state index contributed by atoms with van der Waals surface area (Å²) in [6.07, 6.45) is 0. The second-order valence-corrected chi connectivity index (χ2v) is 3.97. The fourth-order valence-electron chi connectivity index (χ4n) is 1.53. The molecule has 4 N–H and O–H groups in total. The van der Waals surface area contributed by atoms with E-state index in [0.717, 1.165) is 12.1 Å². The van der Waals surface area contributed by atoms with Crippen molar-refractivity contribution < 1.29 is 19.1 Å². The van der Waals surface area contributed by atoms with Gasteiger partial charge < -0.3 is 20.5 Å². The van der Waals surface area contributed by atoms with Crippen LogP contribution in [0.25, 0.3) is 0 Å². The summed E-state index contributed by atoms with van der Waals surface area (Å²) < 4.78 is 10.5. The van der Waals surface area contributed by atoms with E-state index >= 15 is 0 Å². The fraction of sp³-hybridized carbons (Fsp3) is 0.385. The molecule has 0 aromatic heterocycles. The lowest BCUT2D eigenvalue weighted by atomic mass is 10.2. The molecule has 3 amide bonds. The van der Waals surface area contributed by atoms with Crippen LogP contribution in [0.3, 0.4) is 0 Å². The molecule has 0 fully saturated rings. The van der Waals surface area contributed by atoms with Crippen LogP contribution in [-0.4, -0.2) is 32.2 Å². The molecule has 0 aliphatic rings. The number of nitrogens with two attached hydrogens (primary N) is 1. The molecule has 7 heteroatoms. The third-order valence-corrected chi connectivity index (χ3v) is 2.43. The maximum Gasteiger partial charge on any atom is 0.318 e. The number of primary amides is 1. The van der Waals surface area contributed by atoms with E-state index in [4.69, 9.17) is 15.2 Å². The van der Waals surface area contributed by atoms with Crippen LogP contribution in [0.4, 0.5) is 4.79 Å². The van der Waals surface area contributed by atoms with Crippen molar-refractivity contribution in [2.45, 2.75) is 13.5 Å². The van der Waals surface area contributed by atoms with Gasteiger partial charge in [0.15, 0.2) is 18.1 Å². The molecule has 0 heterocycles. The van der Waals surface area contributed by atoms with Crippen LogP contribution in [0.2, 0.25) is 0 Å². The first-order valence-electron chi connectivity index (χ1n) is 6.16. The number of rotatable bonds is 7. The van der Waals surface area contributed by atoms with Crippen molar-refractivity contribution in [1.29, 1.82) is 0 Å². The third kappa shape index (κ3) is 5.15. The predicted octanol–water partition coefficient (Wildman–Crippen LogP) is 0.378. The molecule has 20 heavy (non-hydrogen) atoms. The second-order valence-electron chi connectivity index (χ2n) is 3.97. The lowest BCUT2D eigenvalue weighted by Gasteiger charge is -2.12. The van der Waals surface area contributed by atoms with Crippen LogP contribution < -0.4 is 25.8 Å². The van der Waals surface area contributed by atoms with Crippen molar-refractivity contribution in [3.63, 3.8) is 0 Å². The first-order valence-corrected chi connectivity index (χ1v) is 6.16. The monoisotopic (exact) mass is 281 g/mol. The van der Waals surface area contributed by atoms with Crippen LogP contribution >= 0.6 is 0 Å². The molecule has 0 radical (unpaired) electrons. The van der Waals surface area contributed by atoms with Crippen LogP contribution in [0.15, 0.2) is 18.2 Å². The van der Waals surface area contributed by atoms with E-state index in [1.54, 1.807) is 12.1 Å². The van der Waals surface area contributed by atoms with E-state index in [9.17, 15) is 9.59 Å². The summed E-state index contributed by atoms with van der Waals surface area (Å²) in [5.74, 6) is 0.330. The smallest absolute Gasteiger partial charge is 0.318 e. The maximum absolute atomic E-state index is 11.3. The summed E-state index contributed by atoms with van der Waals surface area (Å²) >= 11 is 0. The molecule has 0 atom stereocenters. The molecule has 1 aromatic carbocycles. The van der Waals surface area contributed by atoms with Gasteiger partial charge in [-0.05, 0) is 24.2 Å². The molecule has 110 valence electrons. The van der Waals surface area contributed by atoms with E-state index < -0.39 is 11.9 Å². The fourth-order valence-corrected chi connectivity index (χ4v) is 1.53. The summed E-state index contributed by atoms with van der Waals surface area (Å²) in [6.45, 7) is 3.23. The highest BCUT2D eigenvalue weighted by molar-refractivity contribution is 5.94. The first-order chi connectivity index (χ1) is 9.56. The summed E-state index contributed by atoms with van der Waals surface area (Å²) in [5.41, 5.74) is 5.84. The number of benzene rings is 1. The maximum atomic E-state index is 11.3. The lowest BCUT2D eigenvalue weighted by Crippen LogP contribution is -2.38. The van der Waals surface area contributed by atoms with Gasteiger partial charge in [0.25, 0.3) is 5.91 Å². The Morgan fingerprint density at radius 1 is 1.30 bits per heavy atom. The molecule has 0 spiro atoms. The second kappa shape index (κ2) is 8.00. The molecule has 0 aliphatic carbocycles. The zero-order chi connectivity index (χ0) is 15.0. The minimum absolute atomic E-state index is 0.316. The largest absolute Gasteiger partial charge is 0.493 e. The Morgan fingerprint density at radius 2 is 2.05 bits per heavy atom. The van der Waals surface area contributed by atoms with Crippen LogP contribution in [0, 0.1) is 0 Å². The third-order valence-electron chi connectivity index (χ3n) is 2.43. The van der Waals surface area contributed by atoms with Crippen molar-refractivity contribution in [2.24, 2.45) is 5.73 Å². The number of hydrogen-bond acceptors (Lipinski definition) is 5. The number of carbonyl (C=O) groups excluding carboxylic acids is 2. The number of nitrogens with one attached hydrogen (secondary N) is 2. The normalized spacial score (nSPS) is 9.90. The molecule has 0 unspecified atom stereocenters. The van der Waals surface area contributed by atoms with Gasteiger partial charge in [0.1, 0.15) is 0 Å². The molecular weight excluding hydrogens is 262 g/mol. The lowest BCUT2D eigenvalue weighted by molar-refractivity contribution is -0.121. The van der Waals surface area contributed by atoms with E-state index in [1.807, 2.05) is 18.3 Å². The Hall–Kier alpha value is -2.28. The summed E-state index contributed by atoms with van der Waals surface area (Å²) in [7, 11) is 1.51. The number of carbonyl (C=O) groups is 2. The van der Waals surface area contributed by atoms with Crippen LogP contribution in [0.1, 0.15) is 12.5 Å². The van der Waals surface area contributed by atoms with Gasteiger partial charge in [0.05, 0.1) is 7.11 Å². The standard InChI is InChI=1S/C13H19N3O4/c1-3-15-7-9-4-5-10(19-2)11(6-9)20-8-12(17)16-13(14)18/h4-6,15H,3,7-8H2,1-2H3,(H3,14,16,17,18). The Bertz CT molecular complexity index is 477. The quantitative estimate of drug-likeness (QED) is 0.670. The van der Waals surface area contributed by atoms with Gasteiger partial charge in [-0.3, -0.25) is 10.1 Å². The average Bonchev–Trinajstić information content (AvgIpc) is 2.42. The molecule has 1 aromatic rings. The molecule has 0 bridgehead atoms. The van der Waals surface area contributed by atoms with Crippen LogP contribution in [-0.2, 0) is 11.3 Å². The van der Waals surface area contributed by atoms with Crippen molar-refractivity contribution in [3.05, 3.63) is 23.8 Å². The Kier molecular flexibility index (Phi) is 6.31. The SMILES string of the molecule is CCNCc1ccc(OC)c(OCC(=O)NC(N)=O)c1. The highest BCUT2D eigenvalue weighted by Gasteiger charge is 2.09. The number of ether oxygens (including phenoxy) is 2. The Labute approximate surface area is 117 Å². The van der Waals surface area contributed by atoms with E-state index in [2.05, 4.69) is 5.32 Å². The summed E-state index contributed by atoms with van der Waals surface area (Å²) in [4.78, 5) is 21.8. The summed E-state index contributed by atoms with van der Waals surface area (Å²) in [6, 6.07) is 4.52. The number of imide groups is 1. The molecule has 0 aliphatic heterocycles. The van der Waals surface area contributed by atoms with Crippen molar-refractivity contribution >= 4 is 11.9 Å². The zero-order valence-electron chi connectivity index (χ0n) is 11.6. The minimum Gasteiger partial charge on any atom is -0.493 e. The Balaban J connectivity index is 2.70. The van der Waals surface area contributed by atoms with E-state index in [-0.39, 0.29) is 6.61 Å². The first kappa shape index (κ1) is 15.8. The van der Waals surface area contributed by atoms with Gasteiger partial charge >= 0.3 is 6.03 Å². The van der Waals surface area contributed by atoms with E-state index in [1.165, 1.54) is 7.11 Å². The number of hydrogen-bond donors (Lipinski definition) is 3. The van der Waals surface area contributed by atoms with Gasteiger partial charge in [0.2, 0.25) is 0 Å². The summed E-state index contributed by atoms with van der Waals surface area (Å²) in [5, 5.41) is 5.10. The van der Waals surface area contributed by atoms with Gasteiger partial charge in [-0.25, -0.2) is 4.79 Å². The molecule has 0 saturated heterocycles. The molecule has 7 nitrogen and oxygen atoms in total.